The Morgan fingerprint density at radius 3 is 2.66 bits per heavy atom. The maximum atomic E-state index is 13.8. The zero-order valence-corrected chi connectivity index (χ0v) is 23.2. The highest BCUT2D eigenvalue weighted by molar-refractivity contribution is 5.93. The number of aryl methyl sites for hydroxylation is 1. The Labute approximate surface area is 236 Å². The smallest absolute Gasteiger partial charge is 0.242 e. The summed E-state index contributed by atoms with van der Waals surface area (Å²) in [7, 11) is 0. The Balaban J connectivity index is 1.16. The highest BCUT2D eigenvalue weighted by atomic mass is 19.1. The number of halogens is 2. The highest BCUT2D eigenvalue weighted by Crippen LogP contribution is 2.30. The van der Waals surface area contributed by atoms with Gasteiger partial charge in [-0.15, -0.1) is 0 Å². The molecule has 1 saturated heterocycles. The Hall–Kier alpha value is -3.97. The van der Waals surface area contributed by atoms with Crippen LogP contribution in [0.15, 0.2) is 36.8 Å². The van der Waals surface area contributed by atoms with Gasteiger partial charge in [0.15, 0.2) is 17.4 Å². The van der Waals surface area contributed by atoms with Crippen molar-refractivity contribution in [3.8, 4) is 11.6 Å². The Kier molecular flexibility index (Phi) is 8.00. The molecule has 5 rings (SSSR count). The van der Waals surface area contributed by atoms with Crippen LogP contribution in [-0.4, -0.2) is 77.7 Å². The zero-order valence-electron chi connectivity index (χ0n) is 23.2. The van der Waals surface area contributed by atoms with E-state index < -0.39 is 23.2 Å². The summed E-state index contributed by atoms with van der Waals surface area (Å²) in [5, 5.41) is 16.7. The van der Waals surface area contributed by atoms with E-state index in [1.165, 1.54) is 12.4 Å². The summed E-state index contributed by atoms with van der Waals surface area (Å²) in [6.45, 7) is 7.85. The first-order valence-corrected chi connectivity index (χ1v) is 13.5. The number of benzene rings is 1. The lowest BCUT2D eigenvalue weighted by atomic mass is 9.89. The largest absolute Gasteiger partial charge is 0.434 e. The maximum Gasteiger partial charge on any atom is 0.242 e. The summed E-state index contributed by atoms with van der Waals surface area (Å²) in [5.74, 6) is -1.99. The van der Waals surface area contributed by atoms with Crippen LogP contribution in [-0.2, 0) is 29.2 Å². The number of hydrogen-bond acceptors (Lipinski definition) is 8. The molecule has 2 aliphatic rings. The first-order chi connectivity index (χ1) is 19.6. The van der Waals surface area contributed by atoms with E-state index in [1.54, 1.807) is 13.1 Å². The van der Waals surface area contributed by atoms with Crippen molar-refractivity contribution in [1.29, 1.82) is 0 Å². The van der Waals surface area contributed by atoms with E-state index in [1.807, 2.05) is 28.3 Å². The van der Waals surface area contributed by atoms with E-state index in [0.717, 1.165) is 23.4 Å². The topological polar surface area (TPSA) is 126 Å². The van der Waals surface area contributed by atoms with Crippen molar-refractivity contribution in [1.82, 2.24) is 29.5 Å². The zero-order chi connectivity index (χ0) is 29.3. The second-order valence-corrected chi connectivity index (χ2v) is 11.0. The van der Waals surface area contributed by atoms with E-state index in [0.29, 0.717) is 45.1 Å². The summed E-state index contributed by atoms with van der Waals surface area (Å²) in [4.78, 5) is 38.8. The molecular weight excluding hydrogens is 536 g/mol. The second-order valence-electron chi connectivity index (χ2n) is 11.0. The Morgan fingerprint density at radius 2 is 1.98 bits per heavy atom. The van der Waals surface area contributed by atoms with Gasteiger partial charge in [0.2, 0.25) is 17.7 Å². The molecule has 1 fully saturated rings. The van der Waals surface area contributed by atoms with Crippen LogP contribution in [0.2, 0.25) is 0 Å². The number of amides is 2. The van der Waals surface area contributed by atoms with Gasteiger partial charge in [-0.1, -0.05) is 0 Å². The average molecular weight is 570 g/mol. The molecule has 11 nitrogen and oxygen atoms in total. The number of rotatable bonds is 7. The lowest BCUT2D eigenvalue weighted by molar-refractivity contribution is -0.147. The summed E-state index contributed by atoms with van der Waals surface area (Å²) in [6.07, 6.45) is 5.43. The van der Waals surface area contributed by atoms with Gasteiger partial charge in [0, 0.05) is 55.8 Å². The molecular formula is C28H33F2N7O4. The van der Waals surface area contributed by atoms with Crippen LogP contribution in [0.1, 0.15) is 38.4 Å². The molecule has 1 aromatic carbocycles. The van der Waals surface area contributed by atoms with Crippen LogP contribution >= 0.6 is 0 Å². The third-order valence-electron chi connectivity index (χ3n) is 7.80. The average Bonchev–Trinajstić information content (AvgIpc) is 3.36. The van der Waals surface area contributed by atoms with Gasteiger partial charge in [0.05, 0.1) is 36.8 Å². The predicted molar refractivity (Wildman–Crippen MR) is 144 cm³/mol. The van der Waals surface area contributed by atoms with Crippen LogP contribution in [0.4, 0.5) is 14.6 Å². The molecule has 13 heteroatoms. The number of nitrogens with zero attached hydrogens (tertiary/aromatic N) is 6. The van der Waals surface area contributed by atoms with Crippen LogP contribution in [0, 0.1) is 17.6 Å². The molecule has 3 aromatic rings. The SMILES string of the molecule is CC(C(=O)Nc1cnc(Oc2ccc(F)cc2F)cn1)N1CCN(C(=O)C2CCn3ncc(CO)c3C2)C(C)(C)C1. The number of ether oxygens (including phenoxy) is 1. The monoisotopic (exact) mass is 569 g/mol. The fourth-order valence-corrected chi connectivity index (χ4v) is 5.49. The molecule has 2 N–H and O–H groups in total. The summed E-state index contributed by atoms with van der Waals surface area (Å²) >= 11 is 0. The fraction of sp³-hybridized carbons (Fsp3) is 0.464. The van der Waals surface area contributed by atoms with E-state index in [2.05, 4.69) is 20.4 Å². The molecule has 0 radical (unpaired) electrons. The number of nitrogens with one attached hydrogen (secondary N) is 1. The number of aliphatic hydroxyl groups is 1. The number of aliphatic hydroxyl groups excluding tert-OH is 1. The molecule has 2 aromatic heterocycles. The van der Waals surface area contributed by atoms with E-state index in [9.17, 15) is 23.5 Å². The predicted octanol–water partition coefficient (Wildman–Crippen LogP) is 2.75. The number of fused-ring (bicyclic) bond motifs is 1. The van der Waals surface area contributed by atoms with Crippen molar-refractivity contribution in [2.75, 3.05) is 25.0 Å². The van der Waals surface area contributed by atoms with Crippen molar-refractivity contribution in [3.05, 3.63) is 59.7 Å². The third-order valence-corrected chi connectivity index (χ3v) is 7.80. The highest BCUT2D eigenvalue weighted by Gasteiger charge is 2.42. The first-order valence-electron chi connectivity index (χ1n) is 13.5. The molecule has 0 spiro atoms. The number of anilines is 1. The fourth-order valence-electron chi connectivity index (χ4n) is 5.49. The minimum atomic E-state index is -0.871. The van der Waals surface area contributed by atoms with Gasteiger partial charge >= 0.3 is 0 Å². The minimum absolute atomic E-state index is 0.0147. The second kappa shape index (κ2) is 11.5. The molecule has 0 bridgehead atoms. The van der Waals surface area contributed by atoms with Gasteiger partial charge in [0.25, 0.3) is 0 Å². The number of carbonyl (C=O) groups excluding carboxylic acids is 2. The summed E-state index contributed by atoms with van der Waals surface area (Å²) in [6, 6.07) is 2.41. The molecule has 0 aliphatic carbocycles. The van der Waals surface area contributed by atoms with Crippen LogP contribution in [0.25, 0.3) is 0 Å². The number of aromatic nitrogens is 4. The van der Waals surface area contributed by atoms with Crippen LogP contribution < -0.4 is 10.1 Å². The van der Waals surface area contributed by atoms with Crippen LogP contribution in [0.3, 0.4) is 0 Å². The van der Waals surface area contributed by atoms with Gasteiger partial charge < -0.3 is 20.1 Å². The normalized spacial score (nSPS) is 19.4. The number of piperazine rings is 1. The van der Waals surface area contributed by atoms with Crippen molar-refractivity contribution in [3.63, 3.8) is 0 Å². The lowest BCUT2D eigenvalue weighted by Gasteiger charge is -2.49. The first kappa shape index (κ1) is 28.6. The molecule has 2 unspecified atom stereocenters. The molecule has 41 heavy (non-hydrogen) atoms. The minimum Gasteiger partial charge on any atom is -0.434 e. The molecule has 2 atom stereocenters. The van der Waals surface area contributed by atoms with Gasteiger partial charge in [-0.3, -0.25) is 19.2 Å². The third kappa shape index (κ3) is 6.05. The lowest BCUT2D eigenvalue weighted by Crippen LogP contribution is -2.64. The molecule has 4 heterocycles. The van der Waals surface area contributed by atoms with Crippen molar-refractivity contribution < 1.29 is 28.2 Å². The molecule has 218 valence electrons. The van der Waals surface area contributed by atoms with E-state index in [4.69, 9.17) is 4.74 Å². The Bertz CT molecular complexity index is 1420. The maximum absolute atomic E-state index is 13.8. The van der Waals surface area contributed by atoms with E-state index >= 15 is 0 Å². The molecule has 0 saturated carbocycles. The summed E-state index contributed by atoms with van der Waals surface area (Å²) in [5.41, 5.74) is 1.18. The quantitative estimate of drug-likeness (QED) is 0.445. The number of hydrogen-bond donors (Lipinski definition) is 2. The molecule has 2 amide bonds. The van der Waals surface area contributed by atoms with Crippen molar-refractivity contribution in [2.45, 2.75) is 58.3 Å². The summed E-state index contributed by atoms with van der Waals surface area (Å²) < 4.78 is 34.1. The van der Waals surface area contributed by atoms with Gasteiger partial charge in [-0.05, 0) is 39.3 Å². The number of carbonyl (C=O) groups is 2. The van der Waals surface area contributed by atoms with Crippen molar-refractivity contribution >= 4 is 17.6 Å². The Morgan fingerprint density at radius 1 is 1.17 bits per heavy atom. The van der Waals surface area contributed by atoms with Crippen LogP contribution in [0.5, 0.6) is 11.6 Å². The van der Waals surface area contributed by atoms with Crippen molar-refractivity contribution in [2.24, 2.45) is 5.92 Å². The standard InChI is InChI=1S/C28H33F2N7O4/c1-17(26(39)34-24-13-32-25(14-31-24)41-23-5-4-20(29)11-21(23)30)35-8-9-36(28(2,3)16-35)27(40)18-6-7-37-22(10-18)19(15-38)12-33-37/h4-5,11-14,17-18,38H,6-10,15-16H2,1-3H3,(H,31,34,39). The van der Waals surface area contributed by atoms with E-state index in [-0.39, 0.29) is 41.8 Å². The van der Waals surface area contributed by atoms with Gasteiger partial charge in [-0.25, -0.2) is 18.7 Å². The molecule has 2 aliphatic heterocycles. The van der Waals surface area contributed by atoms with Gasteiger partial charge in [-0.2, -0.15) is 5.10 Å². The van der Waals surface area contributed by atoms with Gasteiger partial charge in [0.1, 0.15) is 5.82 Å².